The van der Waals surface area contributed by atoms with Gasteiger partial charge in [-0.05, 0) is 13.8 Å². The fourth-order valence-corrected chi connectivity index (χ4v) is 2.75. The van der Waals surface area contributed by atoms with Crippen LogP contribution in [0.4, 0.5) is 0 Å². The van der Waals surface area contributed by atoms with E-state index < -0.39 is 0 Å². The lowest BCUT2D eigenvalue weighted by Crippen LogP contribution is -2.29. The average Bonchev–Trinajstić information content (AvgIpc) is 2.64. The second kappa shape index (κ2) is 7.10. The summed E-state index contributed by atoms with van der Waals surface area (Å²) in [6, 6.07) is 24.8. The van der Waals surface area contributed by atoms with Gasteiger partial charge in [0.15, 0.2) is 0 Å². The molecular formula is C21H22NO+. The molecule has 3 aromatic rings. The largest absolute Gasteiger partial charge is 0.456 e. The number of rotatable bonds is 4. The predicted octanol–water partition coefficient (Wildman–Crippen LogP) is 4.43. The third kappa shape index (κ3) is 3.42. The van der Waals surface area contributed by atoms with Crippen molar-refractivity contribution in [1.82, 2.24) is 4.58 Å². The van der Waals surface area contributed by atoms with Gasteiger partial charge in [-0.1, -0.05) is 60.7 Å². The normalized spacial score (nSPS) is 10.5. The van der Waals surface area contributed by atoms with E-state index in [1.54, 1.807) is 0 Å². The fraction of sp³-hybridized carbons (Fsp3) is 0.190. The molecule has 23 heavy (non-hydrogen) atoms. The molecule has 2 aromatic carbocycles. The molecule has 0 bridgehead atoms. The molecule has 2 heteroatoms. The lowest BCUT2D eigenvalue weighted by Gasteiger charge is -2.06. The number of hydrogen-bond acceptors (Lipinski definition) is 1. The van der Waals surface area contributed by atoms with Crippen LogP contribution in [0, 0.1) is 0 Å². The monoisotopic (exact) mass is 304 g/mol. The zero-order valence-corrected chi connectivity index (χ0v) is 13.7. The Morgan fingerprint density at radius 1 is 0.696 bits per heavy atom. The number of nitrogens with zero attached hydrogens (tertiary/aromatic N) is 1. The van der Waals surface area contributed by atoms with E-state index in [1.165, 1.54) is 5.36 Å². The summed E-state index contributed by atoms with van der Waals surface area (Å²) in [5.41, 5.74) is 2.19. The summed E-state index contributed by atoms with van der Waals surface area (Å²) in [7, 11) is 0. The third-order valence-corrected chi connectivity index (χ3v) is 4.02. The SMILES string of the molecule is CC[N+](CC)=c1cc(-c2ccccc2)oc(-c2ccccc2)c1. The smallest absolute Gasteiger partial charge is 0.207 e. The van der Waals surface area contributed by atoms with Crippen molar-refractivity contribution in [3.05, 3.63) is 78.2 Å². The van der Waals surface area contributed by atoms with E-state index in [2.05, 4.69) is 54.8 Å². The molecule has 1 heterocycles. The Morgan fingerprint density at radius 2 is 1.13 bits per heavy atom. The van der Waals surface area contributed by atoms with Gasteiger partial charge in [0.25, 0.3) is 0 Å². The molecular weight excluding hydrogens is 282 g/mol. The quantitative estimate of drug-likeness (QED) is 0.651. The zero-order valence-electron chi connectivity index (χ0n) is 13.7. The fourth-order valence-electron chi connectivity index (χ4n) is 2.75. The maximum absolute atomic E-state index is 6.20. The van der Waals surface area contributed by atoms with Crippen molar-refractivity contribution in [2.24, 2.45) is 0 Å². The summed E-state index contributed by atoms with van der Waals surface area (Å²) >= 11 is 0. The third-order valence-electron chi connectivity index (χ3n) is 4.02. The summed E-state index contributed by atoms with van der Waals surface area (Å²) in [4.78, 5) is 0. The van der Waals surface area contributed by atoms with Gasteiger partial charge in [0.1, 0.15) is 24.6 Å². The molecule has 0 radical (unpaired) electrons. The van der Waals surface area contributed by atoms with E-state index in [4.69, 9.17) is 4.42 Å². The van der Waals surface area contributed by atoms with Crippen molar-refractivity contribution in [2.45, 2.75) is 13.8 Å². The van der Waals surface area contributed by atoms with Crippen molar-refractivity contribution in [3.8, 4) is 22.6 Å². The first-order valence-corrected chi connectivity index (χ1v) is 8.15. The first kappa shape index (κ1) is 15.3. The number of hydrogen-bond donors (Lipinski definition) is 0. The first-order chi connectivity index (χ1) is 11.3. The van der Waals surface area contributed by atoms with Crippen LogP contribution >= 0.6 is 0 Å². The van der Waals surface area contributed by atoms with Crippen LogP contribution in [0.2, 0.25) is 0 Å². The zero-order chi connectivity index (χ0) is 16.1. The van der Waals surface area contributed by atoms with Gasteiger partial charge in [0, 0.05) is 11.1 Å². The van der Waals surface area contributed by atoms with Gasteiger partial charge in [-0.3, -0.25) is 0 Å². The minimum absolute atomic E-state index is 0.897. The molecule has 116 valence electrons. The maximum atomic E-state index is 6.20. The van der Waals surface area contributed by atoms with E-state index in [1.807, 2.05) is 36.4 Å². The van der Waals surface area contributed by atoms with Crippen LogP contribution in [0.25, 0.3) is 22.6 Å². The van der Waals surface area contributed by atoms with Crippen LogP contribution in [0.15, 0.2) is 77.2 Å². The van der Waals surface area contributed by atoms with E-state index in [9.17, 15) is 0 Å². The molecule has 0 spiro atoms. The van der Waals surface area contributed by atoms with Crippen molar-refractivity contribution in [3.63, 3.8) is 0 Å². The highest BCUT2D eigenvalue weighted by Crippen LogP contribution is 2.24. The topological polar surface area (TPSA) is 16.1 Å². The second-order valence-electron chi connectivity index (χ2n) is 5.45. The van der Waals surface area contributed by atoms with Crippen molar-refractivity contribution in [1.29, 1.82) is 0 Å². The Balaban J connectivity index is 2.26. The Kier molecular flexibility index (Phi) is 4.72. The first-order valence-electron chi connectivity index (χ1n) is 8.15. The van der Waals surface area contributed by atoms with Crippen molar-refractivity contribution >= 4 is 0 Å². The van der Waals surface area contributed by atoms with Crippen LogP contribution < -0.4 is 9.93 Å². The standard InChI is InChI=1S/C21H22NO/c1-3-22(4-2)19-15-20(17-11-7-5-8-12-17)23-21(16-19)18-13-9-6-10-14-18/h5-16H,3-4H2,1-2H3/q+1. The lowest BCUT2D eigenvalue weighted by atomic mass is 10.1. The van der Waals surface area contributed by atoms with Crippen LogP contribution in [0.1, 0.15) is 13.8 Å². The Hall–Kier alpha value is -2.61. The van der Waals surface area contributed by atoms with E-state index in [0.717, 1.165) is 35.7 Å². The van der Waals surface area contributed by atoms with Gasteiger partial charge in [-0.25, -0.2) is 4.58 Å². The molecule has 1 aromatic heterocycles. The van der Waals surface area contributed by atoms with Crippen LogP contribution in [-0.4, -0.2) is 13.1 Å². The van der Waals surface area contributed by atoms with Crippen LogP contribution in [0.5, 0.6) is 0 Å². The molecule has 0 saturated carbocycles. The molecule has 0 aliphatic carbocycles. The van der Waals surface area contributed by atoms with Crippen molar-refractivity contribution < 1.29 is 4.42 Å². The van der Waals surface area contributed by atoms with E-state index >= 15 is 0 Å². The second-order valence-corrected chi connectivity index (χ2v) is 5.45. The highest BCUT2D eigenvalue weighted by molar-refractivity contribution is 5.62. The lowest BCUT2D eigenvalue weighted by molar-refractivity contribution is 0.566. The molecule has 0 amide bonds. The van der Waals surface area contributed by atoms with E-state index in [-0.39, 0.29) is 0 Å². The molecule has 0 saturated heterocycles. The molecule has 0 N–H and O–H groups in total. The molecule has 0 unspecified atom stereocenters. The Labute approximate surface area is 137 Å². The molecule has 0 fully saturated rings. The Bertz CT molecular complexity index is 766. The van der Waals surface area contributed by atoms with Gasteiger partial charge in [-0.2, -0.15) is 0 Å². The summed E-state index contributed by atoms with van der Waals surface area (Å²) in [5, 5.41) is 1.19. The van der Waals surface area contributed by atoms with E-state index in [0.29, 0.717) is 0 Å². The Morgan fingerprint density at radius 3 is 1.52 bits per heavy atom. The minimum Gasteiger partial charge on any atom is -0.456 e. The van der Waals surface area contributed by atoms with Crippen molar-refractivity contribution in [2.75, 3.05) is 13.1 Å². The van der Waals surface area contributed by atoms with Gasteiger partial charge in [0.05, 0.1) is 12.1 Å². The predicted molar refractivity (Wildman–Crippen MR) is 95.9 cm³/mol. The highest BCUT2D eigenvalue weighted by atomic mass is 16.3. The van der Waals surface area contributed by atoms with Crippen LogP contribution in [-0.2, 0) is 0 Å². The average molecular weight is 304 g/mol. The summed E-state index contributed by atoms with van der Waals surface area (Å²) in [5.74, 6) is 1.79. The summed E-state index contributed by atoms with van der Waals surface area (Å²) in [6.07, 6.45) is 0. The number of benzene rings is 2. The van der Waals surface area contributed by atoms with Gasteiger partial charge in [-0.15, -0.1) is 0 Å². The molecule has 2 nitrogen and oxygen atoms in total. The molecule has 3 rings (SSSR count). The molecule has 0 aliphatic heterocycles. The maximum Gasteiger partial charge on any atom is 0.207 e. The van der Waals surface area contributed by atoms with Crippen LogP contribution in [0.3, 0.4) is 0 Å². The van der Waals surface area contributed by atoms with Gasteiger partial charge < -0.3 is 4.42 Å². The summed E-state index contributed by atoms with van der Waals surface area (Å²) < 4.78 is 8.54. The van der Waals surface area contributed by atoms with Gasteiger partial charge >= 0.3 is 0 Å². The molecule has 0 atom stereocenters. The molecule has 0 aliphatic rings. The minimum atomic E-state index is 0.897. The summed E-state index contributed by atoms with van der Waals surface area (Å²) in [6.45, 7) is 6.31. The van der Waals surface area contributed by atoms with Gasteiger partial charge in [0.2, 0.25) is 5.36 Å². The highest BCUT2D eigenvalue weighted by Gasteiger charge is 2.10.